The van der Waals surface area contributed by atoms with Gasteiger partial charge in [-0.25, -0.2) is 9.78 Å². The van der Waals surface area contributed by atoms with Crippen molar-refractivity contribution in [3.8, 4) is 16.3 Å². The van der Waals surface area contributed by atoms with Gasteiger partial charge in [0.25, 0.3) is 0 Å². The van der Waals surface area contributed by atoms with Gasteiger partial charge in [-0.1, -0.05) is 18.2 Å². The molecule has 0 atom stereocenters. The highest BCUT2D eigenvalue weighted by atomic mass is 32.1. The fraction of sp³-hybridized carbons (Fsp3) is 0.273. The number of urea groups is 1. The van der Waals surface area contributed by atoms with E-state index in [0.29, 0.717) is 13.1 Å². The molecule has 6 heteroatoms. The molecule has 0 saturated heterocycles. The van der Waals surface area contributed by atoms with Crippen LogP contribution in [0, 0.1) is 13.8 Å². The molecule has 2 aromatic carbocycles. The summed E-state index contributed by atoms with van der Waals surface area (Å²) in [5, 5.41) is 4.00. The maximum atomic E-state index is 12.7. The van der Waals surface area contributed by atoms with Gasteiger partial charge in [-0.2, -0.15) is 0 Å². The van der Waals surface area contributed by atoms with E-state index in [2.05, 4.69) is 11.4 Å². The van der Waals surface area contributed by atoms with Gasteiger partial charge < -0.3 is 15.0 Å². The van der Waals surface area contributed by atoms with E-state index in [1.165, 1.54) is 0 Å². The molecule has 0 aliphatic carbocycles. The predicted octanol–water partition coefficient (Wildman–Crippen LogP) is 5.03. The molecule has 5 nitrogen and oxygen atoms in total. The van der Waals surface area contributed by atoms with E-state index in [-0.39, 0.29) is 6.03 Å². The maximum Gasteiger partial charge on any atom is 0.322 e. The van der Waals surface area contributed by atoms with E-state index in [9.17, 15) is 4.79 Å². The number of rotatable bonds is 3. The van der Waals surface area contributed by atoms with Gasteiger partial charge in [-0.15, -0.1) is 11.3 Å². The molecule has 2 heterocycles. The number of benzene rings is 2. The lowest BCUT2D eigenvalue weighted by Crippen LogP contribution is -2.38. The highest BCUT2D eigenvalue weighted by Gasteiger charge is 2.24. The third kappa shape index (κ3) is 3.87. The van der Waals surface area contributed by atoms with Crippen molar-refractivity contribution in [2.75, 3.05) is 19.0 Å². The second-order valence-corrected chi connectivity index (χ2v) is 8.18. The van der Waals surface area contributed by atoms with E-state index < -0.39 is 0 Å². The Kier molecular flexibility index (Phi) is 5.05. The van der Waals surface area contributed by atoms with Crippen molar-refractivity contribution in [3.63, 3.8) is 0 Å². The summed E-state index contributed by atoms with van der Waals surface area (Å²) in [7, 11) is 1.66. The average molecular weight is 394 g/mol. The molecule has 4 rings (SSSR count). The van der Waals surface area contributed by atoms with E-state index in [4.69, 9.17) is 9.72 Å². The fourth-order valence-corrected chi connectivity index (χ4v) is 4.62. The lowest BCUT2D eigenvalue weighted by atomic mass is 10.1. The Labute approximate surface area is 169 Å². The molecule has 1 aromatic heterocycles. The Morgan fingerprint density at radius 2 is 1.96 bits per heavy atom. The number of ether oxygens (including phenoxy) is 1. The van der Waals surface area contributed by atoms with Crippen molar-refractivity contribution in [1.29, 1.82) is 0 Å². The second kappa shape index (κ2) is 7.64. The number of anilines is 1. The van der Waals surface area contributed by atoms with Crippen LogP contribution < -0.4 is 10.1 Å². The lowest BCUT2D eigenvalue weighted by molar-refractivity contribution is 0.207. The minimum Gasteiger partial charge on any atom is -0.497 e. The highest BCUT2D eigenvalue weighted by Crippen LogP contribution is 2.33. The number of nitrogens with zero attached hydrogens (tertiary/aromatic N) is 2. The van der Waals surface area contributed by atoms with Crippen LogP contribution in [0.15, 0.2) is 42.5 Å². The molecule has 1 aliphatic rings. The summed E-state index contributed by atoms with van der Waals surface area (Å²) < 4.78 is 5.32. The van der Waals surface area contributed by atoms with Crippen molar-refractivity contribution in [1.82, 2.24) is 9.88 Å². The molecule has 144 valence electrons. The lowest BCUT2D eigenvalue weighted by Gasteiger charge is -2.26. The van der Waals surface area contributed by atoms with Gasteiger partial charge in [-0.05, 0) is 49.2 Å². The molecule has 0 radical (unpaired) electrons. The van der Waals surface area contributed by atoms with Crippen molar-refractivity contribution in [2.45, 2.75) is 26.8 Å². The first kappa shape index (κ1) is 18.5. The third-order valence-corrected chi connectivity index (χ3v) is 5.94. The van der Waals surface area contributed by atoms with Crippen LogP contribution in [-0.4, -0.2) is 29.6 Å². The van der Waals surface area contributed by atoms with Crippen LogP contribution in [0.1, 0.15) is 21.7 Å². The van der Waals surface area contributed by atoms with Crippen LogP contribution in [0.25, 0.3) is 10.6 Å². The number of nitrogens with one attached hydrogen (secondary N) is 1. The van der Waals surface area contributed by atoms with Crippen molar-refractivity contribution in [3.05, 3.63) is 64.2 Å². The van der Waals surface area contributed by atoms with Crippen molar-refractivity contribution < 1.29 is 9.53 Å². The normalized spacial score (nSPS) is 13.2. The highest BCUT2D eigenvalue weighted by molar-refractivity contribution is 7.15. The summed E-state index contributed by atoms with van der Waals surface area (Å²) in [6.45, 7) is 5.33. The maximum absolute atomic E-state index is 12.7. The molecule has 3 aromatic rings. The van der Waals surface area contributed by atoms with Gasteiger partial charge in [0, 0.05) is 29.1 Å². The molecular formula is C22H23N3O2S. The third-order valence-electron chi connectivity index (χ3n) is 4.81. The molecule has 28 heavy (non-hydrogen) atoms. The van der Waals surface area contributed by atoms with Gasteiger partial charge >= 0.3 is 6.03 Å². The Morgan fingerprint density at radius 1 is 1.18 bits per heavy atom. The van der Waals surface area contributed by atoms with Crippen LogP contribution in [0.5, 0.6) is 5.75 Å². The largest absolute Gasteiger partial charge is 0.497 e. The Bertz CT molecular complexity index is 1010. The fourth-order valence-electron chi connectivity index (χ4n) is 3.50. The summed E-state index contributed by atoms with van der Waals surface area (Å²) >= 11 is 1.65. The van der Waals surface area contributed by atoms with Gasteiger partial charge in [0.15, 0.2) is 0 Å². The number of methoxy groups -OCH3 is 1. The van der Waals surface area contributed by atoms with Crippen LogP contribution in [0.4, 0.5) is 10.5 Å². The first-order valence-corrected chi connectivity index (χ1v) is 10.1. The quantitative estimate of drug-likeness (QED) is 0.679. The molecule has 1 aliphatic heterocycles. The number of amides is 2. The summed E-state index contributed by atoms with van der Waals surface area (Å²) in [5.74, 6) is 0.820. The number of carbonyl (C=O) groups is 1. The first-order valence-electron chi connectivity index (χ1n) is 9.29. The number of aryl methyl sites for hydroxylation is 2. The molecule has 2 amide bonds. The SMILES string of the molecule is COc1cccc(-c2nc3c(s2)CN(C(=O)Nc2cc(C)cc(C)c2)CC3)c1. The number of aromatic nitrogens is 1. The van der Waals surface area contributed by atoms with Crippen molar-refractivity contribution >= 4 is 23.1 Å². The molecular weight excluding hydrogens is 370 g/mol. The molecule has 0 unspecified atom stereocenters. The molecule has 0 saturated carbocycles. The number of fused-ring (bicyclic) bond motifs is 1. The van der Waals surface area contributed by atoms with E-state index in [1.807, 2.05) is 55.1 Å². The zero-order valence-electron chi connectivity index (χ0n) is 16.3. The second-order valence-electron chi connectivity index (χ2n) is 7.10. The zero-order chi connectivity index (χ0) is 19.7. The summed E-state index contributed by atoms with van der Waals surface area (Å²) in [6, 6.07) is 14.0. The zero-order valence-corrected chi connectivity index (χ0v) is 17.1. The van der Waals surface area contributed by atoms with E-state index in [0.717, 1.165) is 50.1 Å². The van der Waals surface area contributed by atoms with E-state index >= 15 is 0 Å². The number of hydrogen-bond donors (Lipinski definition) is 1. The first-order chi connectivity index (χ1) is 13.5. The number of carbonyl (C=O) groups excluding carboxylic acids is 1. The minimum atomic E-state index is -0.0630. The molecule has 0 spiro atoms. The number of thiazole rings is 1. The monoisotopic (exact) mass is 393 g/mol. The smallest absolute Gasteiger partial charge is 0.322 e. The van der Waals surface area contributed by atoms with Gasteiger partial charge in [0.05, 0.1) is 19.3 Å². The minimum absolute atomic E-state index is 0.0630. The topological polar surface area (TPSA) is 54.5 Å². The van der Waals surface area contributed by atoms with E-state index in [1.54, 1.807) is 18.4 Å². The molecule has 0 bridgehead atoms. The van der Waals surface area contributed by atoms with Crippen LogP contribution in [-0.2, 0) is 13.0 Å². The van der Waals surface area contributed by atoms with Crippen LogP contribution in [0.3, 0.4) is 0 Å². The van der Waals surface area contributed by atoms with Gasteiger partial charge in [0.2, 0.25) is 0 Å². The van der Waals surface area contributed by atoms with Gasteiger partial charge in [0.1, 0.15) is 10.8 Å². The Hall–Kier alpha value is -2.86. The summed E-state index contributed by atoms with van der Waals surface area (Å²) in [6.07, 6.45) is 0.774. The molecule has 1 N–H and O–H groups in total. The molecule has 0 fully saturated rings. The van der Waals surface area contributed by atoms with Crippen LogP contribution >= 0.6 is 11.3 Å². The summed E-state index contributed by atoms with van der Waals surface area (Å²) in [5.41, 5.74) is 5.26. The average Bonchev–Trinajstić information content (AvgIpc) is 3.10. The Morgan fingerprint density at radius 3 is 2.71 bits per heavy atom. The predicted molar refractivity (Wildman–Crippen MR) is 113 cm³/mol. The standard InChI is InChI=1S/C22H23N3O2S/c1-14-9-15(2)11-17(10-14)23-22(26)25-8-7-19-20(13-25)28-21(24-19)16-5-4-6-18(12-16)27-3/h4-6,9-12H,7-8,13H2,1-3H3,(H,23,26). The summed E-state index contributed by atoms with van der Waals surface area (Å²) in [4.78, 5) is 20.6. The van der Waals surface area contributed by atoms with Gasteiger partial charge in [-0.3, -0.25) is 0 Å². The number of hydrogen-bond acceptors (Lipinski definition) is 4. The Balaban J connectivity index is 1.50. The van der Waals surface area contributed by atoms with Crippen LogP contribution in [0.2, 0.25) is 0 Å². The van der Waals surface area contributed by atoms with Crippen molar-refractivity contribution in [2.24, 2.45) is 0 Å².